The molecule has 0 radical (unpaired) electrons. The summed E-state index contributed by atoms with van der Waals surface area (Å²) in [6.07, 6.45) is -1.32. The Morgan fingerprint density at radius 3 is 2.52 bits per heavy atom. The molecule has 1 aliphatic heterocycles. The maximum atomic E-state index is 12.3. The molecule has 0 saturated carbocycles. The van der Waals surface area contributed by atoms with Crippen LogP contribution in [-0.2, 0) is 28.9 Å². The molecule has 1 saturated heterocycles. The molecule has 1 N–H and O–H groups in total. The molecule has 3 rings (SSSR count). The summed E-state index contributed by atoms with van der Waals surface area (Å²) in [6.45, 7) is 2.54. The highest BCUT2D eigenvalue weighted by Crippen LogP contribution is 2.26. The molecule has 1 aromatic heterocycles. The molecule has 164 valence electrons. The zero-order valence-corrected chi connectivity index (χ0v) is 17.4. The van der Waals surface area contributed by atoms with E-state index in [1.165, 1.54) is 5.56 Å². The van der Waals surface area contributed by atoms with Crippen LogP contribution in [0.5, 0.6) is 5.75 Å². The Balaban J connectivity index is 1.49. The lowest BCUT2D eigenvalue weighted by Gasteiger charge is -2.09. The molecule has 2 amide bonds. The number of nitrogens with zero attached hydrogens (tertiary/aromatic N) is 2. The predicted molar refractivity (Wildman–Crippen MR) is 111 cm³/mol. The van der Waals surface area contributed by atoms with Gasteiger partial charge in [-0.15, -0.1) is 0 Å². The predicted octanol–water partition coefficient (Wildman–Crippen LogP) is 3.48. The van der Waals surface area contributed by atoms with Crippen LogP contribution in [0.15, 0.2) is 47.6 Å². The number of nitrogens with one attached hydrogen (secondary N) is 1. The summed E-state index contributed by atoms with van der Waals surface area (Å²) in [4.78, 5) is 30.2. The third kappa shape index (κ3) is 6.55. The maximum Gasteiger partial charge on any atom is 0.473 e. The number of alkyl halides is 3. The molecule has 31 heavy (non-hydrogen) atoms. The van der Waals surface area contributed by atoms with Gasteiger partial charge in [-0.2, -0.15) is 18.2 Å². The molecule has 1 unspecified atom stereocenters. The Bertz CT molecular complexity index is 961. The Kier molecular flexibility index (Phi) is 7.32. The third-order valence-electron chi connectivity index (χ3n) is 4.49. The topological polar surface area (TPSA) is 80.6 Å². The quantitative estimate of drug-likeness (QED) is 0.697. The van der Waals surface area contributed by atoms with Gasteiger partial charge in [-0.25, -0.2) is 0 Å². The molecular weight excluding hydrogens is 431 g/mol. The van der Waals surface area contributed by atoms with Crippen LogP contribution < -0.4 is 10.1 Å². The van der Waals surface area contributed by atoms with E-state index in [9.17, 15) is 22.8 Å². The zero-order chi connectivity index (χ0) is 22.4. The van der Waals surface area contributed by atoms with Crippen LogP contribution in [0.25, 0.3) is 0 Å². The number of aromatic nitrogens is 1. The number of carbonyl (C=O) groups excluding carboxylic acids is 2. The number of carbonyl (C=O) groups is 2. The molecule has 1 aromatic carbocycles. The zero-order valence-electron chi connectivity index (χ0n) is 16.6. The van der Waals surface area contributed by atoms with Gasteiger partial charge in [0.1, 0.15) is 5.75 Å². The highest BCUT2D eigenvalue weighted by molar-refractivity contribution is 8.15. The lowest BCUT2D eigenvalue weighted by molar-refractivity contribution is -0.169. The second-order valence-corrected chi connectivity index (χ2v) is 7.96. The van der Waals surface area contributed by atoms with Gasteiger partial charge in [0, 0.05) is 18.3 Å². The van der Waals surface area contributed by atoms with E-state index in [-0.39, 0.29) is 11.6 Å². The number of hydrogen-bond donors (Lipinski definition) is 1. The van der Waals surface area contributed by atoms with Crippen molar-refractivity contribution in [2.45, 2.75) is 37.6 Å². The number of ether oxygens (including phenoxy) is 1. The number of aryl methyl sites for hydroxylation is 1. The first-order valence-electron chi connectivity index (χ1n) is 9.57. The van der Waals surface area contributed by atoms with Crippen LogP contribution in [-0.4, -0.2) is 40.0 Å². The Morgan fingerprint density at radius 1 is 1.19 bits per heavy atom. The summed E-state index contributed by atoms with van der Waals surface area (Å²) in [5.41, 5.74) is 2.93. The minimum absolute atomic E-state index is 0.281. The molecule has 1 aliphatic rings. The number of rotatable bonds is 7. The average Bonchev–Trinajstić information content (AvgIpc) is 3.07. The van der Waals surface area contributed by atoms with Gasteiger partial charge in [0.2, 0.25) is 5.91 Å². The minimum Gasteiger partial charge on any atom is -0.493 e. The van der Waals surface area contributed by atoms with Crippen molar-refractivity contribution in [3.8, 4) is 5.75 Å². The monoisotopic (exact) mass is 451 g/mol. The minimum atomic E-state index is -5.07. The van der Waals surface area contributed by atoms with Gasteiger partial charge in [0.25, 0.3) is 0 Å². The highest BCUT2D eigenvalue weighted by atomic mass is 32.2. The lowest BCUT2D eigenvalue weighted by Crippen LogP contribution is -2.28. The summed E-state index contributed by atoms with van der Waals surface area (Å²) in [6, 6.07) is 11.1. The molecule has 1 atom stereocenters. The van der Waals surface area contributed by atoms with Gasteiger partial charge in [0.15, 0.2) is 5.17 Å². The van der Waals surface area contributed by atoms with Gasteiger partial charge in [-0.1, -0.05) is 36.9 Å². The number of amidine groups is 1. The molecule has 2 aromatic rings. The van der Waals surface area contributed by atoms with Crippen molar-refractivity contribution in [1.29, 1.82) is 0 Å². The van der Waals surface area contributed by atoms with Crippen molar-refractivity contribution in [2.75, 3.05) is 6.61 Å². The smallest absolute Gasteiger partial charge is 0.473 e. The Hall–Kier alpha value is -2.88. The number of pyridine rings is 1. The molecule has 6 nitrogen and oxygen atoms in total. The number of amides is 2. The molecule has 0 aliphatic carbocycles. The molecule has 0 spiro atoms. The fraction of sp³-hybridized carbons (Fsp3) is 0.333. The van der Waals surface area contributed by atoms with Crippen LogP contribution in [0.2, 0.25) is 0 Å². The number of hydrogen-bond acceptors (Lipinski definition) is 5. The number of thioether (sulfide) groups is 1. The fourth-order valence-electron chi connectivity index (χ4n) is 2.77. The Labute approximate surface area is 181 Å². The summed E-state index contributed by atoms with van der Waals surface area (Å²) in [7, 11) is 0. The first-order chi connectivity index (χ1) is 14.7. The largest absolute Gasteiger partial charge is 0.493 e. The number of aliphatic imine (C=N–C) groups is 1. The first kappa shape index (κ1) is 22.8. The first-order valence-corrected chi connectivity index (χ1v) is 10.5. The highest BCUT2D eigenvalue weighted by Gasteiger charge is 2.40. The van der Waals surface area contributed by atoms with Gasteiger partial charge >= 0.3 is 12.1 Å². The van der Waals surface area contributed by atoms with E-state index in [4.69, 9.17) is 4.74 Å². The van der Waals surface area contributed by atoms with Crippen LogP contribution >= 0.6 is 11.8 Å². The van der Waals surface area contributed by atoms with Crippen molar-refractivity contribution in [3.63, 3.8) is 0 Å². The van der Waals surface area contributed by atoms with Crippen molar-refractivity contribution in [3.05, 3.63) is 59.4 Å². The van der Waals surface area contributed by atoms with E-state index >= 15 is 0 Å². The van der Waals surface area contributed by atoms with Crippen LogP contribution in [0, 0.1) is 0 Å². The summed E-state index contributed by atoms with van der Waals surface area (Å²) >= 11 is 0.807. The van der Waals surface area contributed by atoms with E-state index in [0.29, 0.717) is 18.8 Å². The van der Waals surface area contributed by atoms with Crippen molar-refractivity contribution >= 4 is 28.7 Å². The maximum absolute atomic E-state index is 12.3. The molecule has 0 bridgehead atoms. The standard InChI is InChI=1S/C21H20F3N3O3S/c1-2-13-3-6-15(25-12-13)9-10-30-16-7-4-14(5-8-16)11-17-18(28)26-20(31-17)27-19(29)21(22,23)24/h3-8,12,17H,2,9-11H2,1H3,(H,26,27,28,29). The summed E-state index contributed by atoms with van der Waals surface area (Å²) < 4.78 is 42.6. The second kappa shape index (κ2) is 9.95. The third-order valence-corrected chi connectivity index (χ3v) is 5.57. The van der Waals surface area contributed by atoms with Gasteiger partial charge in [0.05, 0.1) is 11.9 Å². The molecular formula is C21H20F3N3O3S. The van der Waals surface area contributed by atoms with Crippen LogP contribution in [0.3, 0.4) is 0 Å². The number of halogens is 3. The van der Waals surface area contributed by atoms with Crippen LogP contribution in [0.4, 0.5) is 13.2 Å². The normalized spacial score (nSPS) is 17.6. The molecule has 2 heterocycles. The van der Waals surface area contributed by atoms with Gasteiger partial charge < -0.3 is 10.1 Å². The fourth-order valence-corrected chi connectivity index (χ4v) is 3.78. The van der Waals surface area contributed by atoms with Crippen molar-refractivity contribution in [2.24, 2.45) is 4.99 Å². The molecule has 10 heteroatoms. The SMILES string of the molecule is CCc1ccc(CCOc2ccc(CC3SC(=NC(=O)C(F)(F)F)NC3=O)cc2)nc1. The summed E-state index contributed by atoms with van der Waals surface area (Å²) in [5.74, 6) is -2.06. The number of benzene rings is 1. The van der Waals surface area contributed by atoms with E-state index in [1.54, 1.807) is 24.3 Å². The summed E-state index contributed by atoms with van der Waals surface area (Å²) in [5, 5.41) is 1.21. The lowest BCUT2D eigenvalue weighted by atomic mass is 10.1. The van der Waals surface area contributed by atoms with Crippen molar-refractivity contribution in [1.82, 2.24) is 10.3 Å². The van der Waals surface area contributed by atoms with E-state index < -0.39 is 23.2 Å². The Morgan fingerprint density at radius 2 is 1.90 bits per heavy atom. The van der Waals surface area contributed by atoms with E-state index in [1.807, 2.05) is 18.3 Å². The van der Waals surface area contributed by atoms with E-state index in [2.05, 4.69) is 22.2 Å². The van der Waals surface area contributed by atoms with Crippen molar-refractivity contribution < 1.29 is 27.5 Å². The van der Waals surface area contributed by atoms with Gasteiger partial charge in [-0.3, -0.25) is 14.6 Å². The van der Waals surface area contributed by atoms with Crippen LogP contribution in [0.1, 0.15) is 23.7 Å². The second-order valence-electron chi connectivity index (χ2n) is 6.77. The van der Waals surface area contributed by atoms with E-state index in [0.717, 1.165) is 29.4 Å². The average molecular weight is 451 g/mol. The molecule has 1 fully saturated rings. The van der Waals surface area contributed by atoms with Gasteiger partial charge in [-0.05, 0) is 42.2 Å².